The van der Waals surface area contributed by atoms with Crippen molar-refractivity contribution in [1.82, 2.24) is 10.6 Å². The van der Waals surface area contributed by atoms with Crippen LogP contribution in [0.15, 0.2) is 46.0 Å². The first kappa shape index (κ1) is 24.9. The number of guanidine groups is 1. The first-order valence-corrected chi connectivity index (χ1v) is 10.3. The number of halogens is 3. The van der Waals surface area contributed by atoms with Crippen molar-refractivity contribution < 1.29 is 18.7 Å². The van der Waals surface area contributed by atoms with Gasteiger partial charge in [0.2, 0.25) is 0 Å². The molecule has 1 fully saturated rings. The third kappa shape index (κ3) is 8.05. The Morgan fingerprint density at radius 3 is 2.87 bits per heavy atom. The number of nitrogens with one attached hydrogen (secondary N) is 2. The molecule has 1 saturated heterocycles. The van der Waals surface area contributed by atoms with Gasteiger partial charge in [-0.15, -0.1) is 24.0 Å². The SMILES string of the molecule is I.OC(CN=C(NCCc1ccco1)NCC1CCCCO1)c1ccc(Cl)c(F)c1. The zero-order valence-corrected chi connectivity index (χ0v) is 19.7. The Hall–Kier alpha value is -1.36. The van der Waals surface area contributed by atoms with Gasteiger partial charge in [-0.25, -0.2) is 4.39 Å². The predicted octanol–water partition coefficient (Wildman–Crippen LogP) is 4.07. The first-order chi connectivity index (χ1) is 14.1. The predicted molar refractivity (Wildman–Crippen MR) is 126 cm³/mol. The average Bonchev–Trinajstić information content (AvgIpc) is 3.25. The second kappa shape index (κ2) is 13.1. The summed E-state index contributed by atoms with van der Waals surface area (Å²) in [6, 6.07) is 8.03. The van der Waals surface area contributed by atoms with Crippen LogP contribution in [0.25, 0.3) is 0 Å². The van der Waals surface area contributed by atoms with Crippen LogP contribution in [0.2, 0.25) is 5.02 Å². The van der Waals surface area contributed by atoms with Gasteiger partial charge in [0, 0.05) is 26.1 Å². The van der Waals surface area contributed by atoms with E-state index in [9.17, 15) is 9.50 Å². The van der Waals surface area contributed by atoms with Crippen molar-refractivity contribution in [3.8, 4) is 0 Å². The molecule has 3 rings (SSSR count). The Bertz CT molecular complexity index is 786. The Balaban J connectivity index is 0.00000320. The van der Waals surface area contributed by atoms with Gasteiger partial charge in [0.1, 0.15) is 11.6 Å². The van der Waals surface area contributed by atoms with Crippen LogP contribution in [-0.2, 0) is 11.2 Å². The summed E-state index contributed by atoms with van der Waals surface area (Å²) in [7, 11) is 0. The number of hydrogen-bond donors (Lipinski definition) is 3. The number of nitrogens with zero attached hydrogens (tertiary/aromatic N) is 1. The summed E-state index contributed by atoms with van der Waals surface area (Å²) >= 11 is 5.70. The molecule has 2 atom stereocenters. The maximum atomic E-state index is 13.6. The van der Waals surface area contributed by atoms with Gasteiger partial charge in [0.05, 0.1) is 30.0 Å². The van der Waals surface area contributed by atoms with Crippen LogP contribution in [0.5, 0.6) is 0 Å². The first-order valence-electron chi connectivity index (χ1n) is 9.91. The van der Waals surface area contributed by atoms with E-state index in [0.29, 0.717) is 31.0 Å². The van der Waals surface area contributed by atoms with Crippen LogP contribution in [0.3, 0.4) is 0 Å². The lowest BCUT2D eigenvalue weighted by Gasteiger charge is -2.24. The van der Waals surface area contributed by atoms with E-state index >= 15 is 0 Å². The van der Waals surface area contributed by atoms with Crippen molar-refractivity contribution in [3.05, 3.63) is 58.8 Å². The average molecular weight is 552 g/mol. The van der Waals surface area contributed by atoms with Gasteiger partial charge in [-0.05, 0) is 49.1 Å². The number of aliphatic hydroxyl groups is 1. The Morgan fingerprint density at radius 1 is 1.30 bits per heavy atom. The zero-order chi connectivity index (χ0) is 20.5. The summed E-state index contributed by atoms with van der Waals surface area (Å²) in [6.45, 7) is 2.13. The van der Waals surface area contributed by atoms with Gasteiger partial charge in [0.25, 0.3) is 0 Å². The van der Waals surface area contributed by atoms with Crippen LogP contribution in [0.4, 0.5) is 4.39 Å². The molecule has 2 aromatic rings. The van der Waals surface area contributed by atoms with E-state index in [1.807, 2.05) is 12.1 Å². The molecule has 9 heteroatoms. The molecule has 1 aromatic heterocycles. The molecule has 166 valence electrons. The molecule has 2 unspecified atom stereocenters. The van der Waals surface area contributed by atoms with E-state index in [-0.39, 0.29) is 41.6 Å². The molecule has 0 spiro atoms. The molecule has 0 radical (unpaired) electrons. The number of hydrogen-bond acceptors (Lipinski definition) is 4. The number of rotatable bonds is 8. The third-order valence-electron chi connectivity index (χ3n) is 4.77. The molecular formula is C21H28ClFIN3O3. The molecule has 0 saturated carbocycles. The fourth-order valence-corrected chi connectivity index (χ4v) is 3.23. The van der Waals surface area contributed by atoms with Gasteiger partial charge in [-0.3, -0.25) is 4.99 Å². The van der Waals surface area contributed by atoms with Crippen molar-refractivity contribution in [2.75, 3.05) is 26.2 Å². The molecule has 1 aromatic carbocycles. The van der Waals surface area contributed by atoms with E-state index < -0.39 is 11.9 Å². The zero-order valence-electron chi connectivity index (χ0n) is 16.7. The lowest BCUT2D eigenvalue weighted by molar-refractivity contribution is 0.0194. The van der Waals surface area contributed by atoms with Crippen LogP contribution in [-0.4, -0.2) is 43.4 Å². The topological polar surface area (TPSA) is 79.0 Å². The van der Waals surface area contributed by atoms with Crippen molar-refractivity contribution in [2.24, 2.45) is 4.99 Å². The van der Waals surface area contributed by atoms with Crippen LogP contribution >= 0.6 is 35.6 Å². The smallest absolute Gasteiger partial charge is 0.191 e. The van der Waals surface area contributed by atoms with Crippen LogP contribution in [0.1, 0.15) is 36.7 Å². The van der Waals surface area contributed by atoms with Crippen molar-refractivity contribution in [2.45, 2.75) is 37.9 Å². The summed E-state index contributed by atoms with van der Waals surface area (Å²) < 4.78 is 24.7. The summed E-state index contributed by atoms with van der Waals surface area (Å²) in [5.41, 5.74) is 0.432. The highest BCUT2D eigenvalue weighted by Crippen LogP contribution is 2.20. The molecule has 0 amide bonds. The van der Waals surface area contributed by atoms with Crippen LogP contribution in [0, 0.1) is 5.82 Å². The van der Waals surface area contributed by atoms with Gasteiger partial charge in [-0.1, -0.05) is 17.7 Å². The van der Waals surface area contributed by atoms with E-state index in [0.717, 1.165) is 31.6 Å². The number of benzene rings is 1. The molecule has 0 aliphatic carbocycles. The highest BCUT2D eigenvalue weighted by Gasteiger charge is 2.15. The Labute approximate surface area is 198 Å². The minimum absolute atomic E-state index is 0. The quantitative estimate of drug-likeness (QED) is 0.262. The van der Waals surface area contributed by atoms with Gasteiger partial charge < -0.3 is 24.9 Å². The molecular weight excluding hydrogens is 524 g/mol. The lowest BCUT2D eigenvalue weighted by Crippen LogP contribution is -2.43. The summed E-state index contributed by atoms with van der Waals surface area (Å²) in [4.78, 5) is 4.46. The highest BCUT2D eigenvalue weighted by atomic mass is 127. The van der Waals surface area contributed by atoms with Crippen molar-refractivity contribution in [3.63, 3.8) is 0 Å². The molecule has 3 N–H and O–H groups in total. The van der Waals surface area contributed by atoms with Gasteiger partial charge in [0.15, 0.2) is 5.96 Å². The maximum Gasteiger partial charge on any atom is 0.191 e. The Morgan fingerprint density at radius 2 is 2.17 bits per heavy atom. The monoisotopic (exact) mass is 551 g/mol. The van der Waals surface area contributed by atoms with Crippen molar-refractivity contribution >= 4 is 41.5 Å². The summed E-state index contributed by atoms with van der Waals surface area (Å²) in [6.07, 6.45) is 4.84. The number of furan rings is 1. The largest absolute Gasteiger partial charge is 0.469 e. The molecule has 0 bridgehead atoms. The van der Waals surface area contributed by atoms with Gasteiger partial charge >= 0.3 is 0 Å². The number of ether oxygens (including phenoxy) is 1. The van der Waals surface area contributed by atoms with E-state index in [1.54, 1.807) is 12.3 Å². The number of aliphatic hydroxyl groups excluding tert-OH is 1. The minimum Gasteiger partial charge on any atom is -0.469 e. The fourth-order valence-electron chi connectivity index (χ4n) is 3.11. The number of aliphatic imine (C=N–C) groups is 1. The van der Waals surface area contributed by atoms with Gasteiger partial charge in [-0.2, -0.15) is 0 Å². The molecule has 1 aliphatic heterocycles. The summed E-state index contributed by atoms with van der Waals surface area (Å²) in [5.74, 6) is 0.889. The van der Waals surface area contributed by atoms with Crippen molar-refractivity contribution in [1.29, 1.82) is 0 Å². The standard InChI is InChI=1S/C21H27ClFN3O3.HI/c22-18-7-6-15(12-19(18)23)20(27)14-26-21(24-9-8-16-5-3-11-28-16)25-13-17-4-1-2-10-29-17;/h3,5-7,11-12,17,20,27H,1-2,4,8-10,13-14H2,(H2,24,25,26);1H. The fraction of sp³-hybridized carbons (Fsp3) is 0.476. The summed E-state index contributed by atoms with van der Waals surface area (Å²) in [5, 5.41) is 16.9. The van der Waals surface area contributed by atoms with E-state index in [2.05, 4.69) is 15.6 Å². The lowest BCUT2D eigenvalue weighted by atomic mass is 10.1. The molecule has 6 nitrogen and oxygen atoms in total. The normalized spacial score (nSPS) is 17.8. The minimum atomic E-state index is -0.934. The van der Waals surface area contributed by atoms with E-state index in [4.69, 9.17) is 20.8 Å². The highest BCUT2D eigenvalue weighted by molar-refractivity contribution is 14.0. The molecule has 1 aliphatic rings. The van der Waals surface area contributed by atoms with E-state index in [1.165, 1.54) is 12.1 Å². The van der Waals surface area contributed by atoms with Crippen LogP contribution < -0.4 is 10.6 Å². The second-order valence-corrected chi connectivity index (χ2v) is 7.41. The third-order valence-corrected chi connectivity index (χ3v) is 5.07. The second-order valence-electron chi connectivity index (χ2n) is 7.00. The maximum absolute atomic E-state index is 13.6. The Kier molecular flexibility index (Phi) is 10.9. The molecule has 30 heavy (non-hydrogen) atoms. The molecule has 2 heterocycles.